The van der Waals surface area contributed by atoms with Crippen molar-refractivity contribution < 1.29 is 9.47 Å². The van der Waals surface area contributed by atoms with Crippen LogP contribution in [0.4, 0.5) is 5.69 Å². The monoisotopic (exact) mass is 326 g/mol. The molecule has 0 bridgehead atoms. The largest absolute Gasteiger partial charge is 0.371 e. The molecule has 0 radical (unpaired) electrons. The fraction of sp³-hybridized carbons (Fsp3) is 0.550. The highest BCUT2D eigenvalue weighted by Crippen LogP contribution is 2.37. The fourth-order valence-corrected chi connectivity index (χ4v) is 3.91. The van der Waals surface area contributed by atoms with Gasteiger partial charge in [0.25, 0.3) is 0 Å². The van der Waals surface area contributed by atoms with Gasteiger partial charge >= 0.3 is 0 Å². The van der Waals surface area contributed by atoms with E-state index in [-0.39, 0.29) is 11.9 Å². The zero-order valence-corrected chi connectivity index (χ0v) is 14.6. The summed E-state index contributed by atoms with van der Waals surface area (Å²) >= 11 is 0. The number of piperidine rings is 1. The van der Waals surface area contributed by atoms with E-state index in [4.69, 9.17) is 14.5 Å². The van der Waals surface area contributed by atoms with Crippen molar-refractivity contribution in [3.63, 3.8) is 0 Å². The summed E-state index contributed by atoms with van der Waals surface area (Å²) in [7, 11) is 0. The Morgan fingerprint density at radius 2 is 2.04 bits per heavy atom. The van der Waals surface area contributed by atoms with Crippen molar-refractivity contribution in [1.29, 1.82) is 0 Å². The van der Waals surface area contributed by atoms with Gasteiger partial charge in [-0.25, -0.2) is 0 Å². The molecule has 1 atom stereocenters. The van der Waals surface area contributed by atoms with Crippen molar-refractivity contribution >= 4 is 16.6 Å². The van der Waals surface area contributed by atoms with E-state index in [0.29, 0.717) is 0 Å². The van der Waals surface area contributed by atoms with Crippen LogP contribution in [-0.2, 0) is 15.9 Å². The van der Waals surface area contributed by atoms with Crippen LogP contribution in [0.5, 0.6) is 0 Å². The highest BCUT2D eigenvalue weighted by Gasteiger charge is 2.42. The van der Waals surface area contributed by atoms with Gasteiger partial charge in [0.1, 0.15) is 0 Å². The van der Waals surface area contributed by atoms with Gasteiger partial charge in [-0.05, 0) is 25.5 Å². The van der Waals surface area contributed by atoms with Crippen molar-refractivity contribution in [2.75, 3.05) is 24.6 Å². The van der Waals surface area contributed by atoms with Gasteiger partial charge in [-0.1, -0.05) is 31.5 Å². The van der Waals surface area contributed by atoms with Crippen LogP contribution in [0.25, 0.3) is 10.9 Å². The predicted molar refractivity (Wildman–Crippen MR) is 96.4 cm³/mol. The molecule has 2 aliphatic heterocycles. The Hall–Kier alpha value is -1.65. The van der Waals surface area contributed by atoms with Gasteiger partial charge in [-0.2, -0.15) is 0 Å². The molecule has 2 fully saturated rings. The summed E-state index contributed by atoms with van der Waals surface area (Å²) in [6.07, 6.45) is 4.22. The van der Waals surface area contributed by atoms with E-state index < -0.39 is 0 Å². The molecule has 2 aliphatic rings. The maximum Gasteiger partial charge on any atom is 0.172 e. The van der Waals surface area contributed by atoms with E-state index in [9.17, 15) is 0 Å². The smallest absolute Gasteiger partial charge is 0.172 e. The topological polar surface area (TPSA) is 34.6 Å². The van der Waals surface area contributed by atoms with Crippen molar-refractivity contribution in [3.8, 4) is 0 Å². The number of benzene rings is 1. The average Bonchev–Trinajstić information content (AvgIpc) is 2.96. The summed E-state index contributed by atoms with van der Waals surface area (Å²) in [5.41, 5.74) is 3.60. The Labute approximate surface area is 143 Å². The third kappa shape index (κ3) is 2.89. The van der Waals surface area contributed by atoms with E-state index in [0.717, 1.165) is 50.9 Å². The number of hydrogen-bond donors (Lipinski definition) is 0. The highest BCUT2D eigenvalue weighted by molar-refractivity contribution is 5.92. The number of anilines is 1. The summed E-state index contributed by atoms with van der Waals surface area (Å²) in [5.74, 6) is -0.342. The standard InChI is InChI=1S/C20H26N2O2/c1-3-6-16-13-19(17-7-4-5-8-18(17)21-16)22-11-9-20(10-12-22)23-14-15(2)24-20/h4-5,7-8,13,15H,3,6,9-12,14H2,1-2H3. The van der Waals surface area contributed by atoms with Crippen LogP contribution in [0.2, 0.25) is 0 Å². The molecule has 0 saturated carbocycles. The van der Waals surface area contributed by atoms with Gasteiger partial charge in [0.05, 0.1) is 18.2 Å². The SMILES string of the molecule is CCCc1cc(N2CCC3(CC2)OCC(C)O3)c2ccccc2n1. The third-order valence-electron chi connectivity index (χ3n) is 5.12. The minimum Gasteiger partial charge on any atom is -0.371 e. The van der Waals surface area contributed by atoms with Gasteiger partial charge in [0.15, 0.2) is 5.79 Å². The van der Waals surface area contributed by atoms with Gasteiger partial charge in [0.2, 0.25) is 0 Å². The van der Waals surface area contributed by atoms with Gasteiger partial charge < -0.3 is 14.4 Å². The first-order chi connectivity index (χ1) is 11.7. The lowest BCUT2D eigenvalue weighted by Gasteiger charge is -2.39. The molecule has 4 nitrogen and oxygen atoms in total. The lowest BCUT2D eigenvalue weighted by atomic mass is 10.0. The van der Waals surface area contributed by atoms with E-state index in [1.807, 2.05) is 0 Å². The number of aromatic nitrogens is 1. The van der Waals surface area contributed by atoms with E-state index >= 15 is 0 Å². The van der Waals surface area contributed by atoms with Gasteiger partial charge in [-0.3, -0.25) is 4.98 Å². The minimum absolute atomic E-state index is 0.217. The zero-order valence-electron chi connectivity index (χ0n) is 14.6. The van der Waals surface area contributed by atoms with Crippen LogP contribution in [-0.4, -0.2) is 36.6 Å². The summed E-state index contributed by atoms with van der Waals surface area (Å²) in [5, 5.41) is 1.25. The van der Waals surface area contributed by atoms with E-state index in [2.05, 4.69) is 49.1 Å². The summed E-state index contributed by atoms with van der Waals surface area (Å²) in [6.45, 7) is 6.95. The Balaban J connectivity index is 1.62. The second kappa shape index (κ2) is 6.34. The van der Waals surface area contributed by atoms with Gasteiger partial charge in [-0.15, -0.1) is 0 Å². The molecule has 128 valence electrons. The van der Waals surface area contributed by atoms with Crippen molar-refractivity contribution in [3.05, 3.63) is 36.0 Å². The first-order valence-electron chi connectivity index (χ1n) is 9.14. The maximum absolute atomic E-state index is 6.06. The quantitative estimate of drug-likeness (QED) is 0.856. The highest BCUT2D eigenvalue weighted by atomic mass is 16.7. The van der Waals surface area contributed by atoms with Crippen LogP contribution in [0.15, 0.2) is 30.3 Å². The molecule has 0 N–H and O–H groups in total. The molecule has 1 spiro atoms. The first-order valence-corrected chi connectivity index (χ1v) is 9.14. The second-order valence-electron chi connectivity index (χ2n) is 7.04. The number of fused-ring (bicyclic) bond motifs is 1. The van der Waals surface area contributed by atoms with E-state index in [1.165, 1.54) is 16.8 Å². The number of hydrogen-bond acceptors (Lipinski definition) is 4. The summed E-state index contributed by atoms with van der Waals surface area (Å²) in [6, 6.07) is 10.8. The lowest BCUT2D eigenvalue weighted by molar-refractivity contribution is -0.178. The van der Waals surface area contributed by atoms with Crippen molar-refractivity contribution in [1.82, 2.24) is 4.98 Å². The lowest BCUT2D eigenvalue weighted by Crippen LogP contribution is -2.45. The number of nitrogens with zero attached hydrogens (tertiary/aromatic N) is 2. The molecule has 1 aromatic carbocycles. The Bertz CT molecular complexity index is 723. The minimum atomic E-state index is -0.342. The Morgan fingerprint density at radius 3 is 2.75 bits per heavy atom. The van der Waals surface area contributed by atoms with Crippen LogP contribution in [0.1, 0.15) is 38.8 Å². The predicted octanol–water partition coefficient (Wildman–Crippen LogP) is 3.92. The Morgan fingerprint density at radius 1 is 1.25 bits per heavy atom. The third-order valence-corrected chi connectivity index (χ3v) is 5.12. The molecule has 1 aromatic heterocycles. The first kappa shape index (κ1) is 15.9. The molecular weight excluding hydrogens is 300 g/mol. The van der Waals surface area contributed by atoms with Crippen LogP contribution < -0.4 is 4.90 Å². The normalized spacial score (nSPS) is 23.2. The number of para-hydroxylation sites is 1. The molecule has 24 heavy (non-hydrogen) atoms. The molecule has 1 unspecified atom stereocenters. The molecule has 3 heterocycles. The maximum atomic E-state index is 6.06. The summed E-state index contributed by atoms with van der Waals surface area (Å²) < 4.78 is 12.0. The molecule has 2 saturated heterocycles. The number of rotatable bonds is 3. The molecular formula is C20H26N2O2. The van der Waals surface area contributed by atoms with Crippen LogP contribution in [0, 0.1) is 0 Å². The van der Waals surface area contributed by atoms with E-state index in [1.54, 1.807) is 0 Å². The Kier molecular flexibility index (Phi) is 4.19. The molecule has 0 amide bonds. The van der Waals surface area contributed by atoms with Crippen LogP contribution in [0.3, 0.4) is 0 Å². The fourth-order valence-electron chi connectivity index (χ4n) is 3.91. The van der Waals surface area contributed by atoms with Crippen LogP contribution >= 0.6 is 0 Å². The molecule has 4 heteroatoms. The molecule has 4 rings (SSSR count). The number of aryl methyl sites for hydroxylation is 1. The molecule has 2 aromatic rings. The van der Waals surface area contributed by atoms with Crippen molar-refractivity contribution in [2.24, 2.45) is 0 Å². The number of pyridine rings is 1. The molecule has 0 aliphatic carbocycles. The number of ether oxygens (including phenoxy) is 2. The average molecular weight is 326 g/mol. The van der Waals surface area contributed by atoms with Gasteiger partial charge in [0, 0.05) is 42.7 Å². The summed E-state index contributed by atoms with van der Waals surface area (Å²) in [4.78, 5) is 7.30. The van der Waals surface area contributed by atoms with Crippen molar-refractivity contribution in [2.45, 2.75) is 51.4 Å². The second-order valence-corrected chi connectivity index (χ2v) is 7.04. The zero-order chi connectivity index (χ0) is 16.6.